The molecule has 16 heavy (non-hydrogen) atoms. The van der Waals surface area contributed by atoms with Gasteiger partial charge in [0.05, 0.1) is 0 Å². The summed E-state index contributed by atoms with van der Waals surface area (Å²) in [5.74, 6) is 0. The summed E-state index contributed by atoms with van der Waals surface area (Å²) in [6, 6.07) is 0. The van der Waals surface area contributed by atoms with Crippen LogP contribution in [0.25, 0.3) is 0 Å². The van der Waals surface area contributed by atoms with E-state index in [1.54, 1.807) is 11.3 Å². The Bertz CT molecular complexity index is 346. The van der Waals surface area contributed by atoms with E-state index < -0.39 is 0 Å². The molecule has 0 atom stereocenters. The molecule has 0 aliphatic carbocycles. The first-order valence-electron chi connectivity index (χ1n) is 6.00. The van der Waals surface area contributed by atoms with E-state index in [-0.39, 0.29) is 0 Å². The molecule has 1 aromatic heterocycles. The van der Waals surface area contributed by atoms with Crippen LogP contribution in [0, 0.1) is 5.41 Å². The summed E-state index contributed by atoms with van der Waals surface area (Å²) in [6.07, 6.45) is 5.75. The topological polar surface area (TPSA) is 42.2 Å². The summed E-state index contributed by atoms with van der Waals surface area (Å²) >= 11 is 1.74. The van der Waals surface area contributed by atoms with Crippen LogP contribution >= 0.6 is 11.3 Å². The molecule has 1 aromatic rings. The summed E-state index contributed by atoms with van der Waals surface area (Å²) in [7, 11) is 0. The maximum atomic E-state index is 5.62. The average Bonchev–Trinajstić information content (AvgIpc) is 2.64. The van der Waals surface area contributed by atoms with Crippen molar-refractivity contribution in [2.24, 2.45) is 11.1 Å². The van der Waals surface area contributed by atoms with Crippen molar-refractivity contribution in [3.05, 3.63) is 11.1 Å². The van der Waals surface area contributed by atoms with Gasteiger partial charge < -0.3 is 10.6 Å². The quantitative estimate of drug-likeness (QED) is 0.862. The largest absolute Gasteiger partial charge is 0.348 e. The summed E-state index contributed by atoms with van der Waals surface area (Å²) in [5.41, 5.74) is 6.11. The minimum atomic E-state index is 0.489. The predicted octanol–water partition coefficient (Wildman–Crippen LogP) is 2.62. The maximum Gasteiger partial charge on any atom is 0.185 e. The Kier molecular flexibility index (Phi) is 3.50. The number of nitrogens with zero attached hydrogens (tertiary/aromatic N) is 2. The van der Waals surface area contributed by atoms with Gasteiger partial charge in [-0.25, -0.2) is 4.98 Å². The van der Waals surface area contributed by atoms with Crippen molar-refractivity contribution >= 4 is 16.5 Å². The number of hydrogen-bond donors (Lipinski definition) is 1. The minimum Gasteiger partial charge on any atom is -0.348 e. The molecule has 1 fully saturated rings. The van der Waals surface area contributed by atoms with E-state index >= 15 is 0 Å². The lowest BCUT2D eigenvalue weighted by molar-refractivity contribution is 0.325. The van der Waals surface area contributed by atoms with Crippen LogP contribution in [0.4, 0.5) is 5.13 Å². The highest BCUT2D eigenvalue weighted by molar-refractivity contribution is 7.15. The highest BCUT2D eigenvalue weighted by Crippen LogP contribution is 2.32. The van der Waals surface area contributed by atoms with E-state index in [1.165, 1.54) is 24.1 Å². The van der Waals surface area contributed by atoms with Gasteiger partial charge in [-0.3, -0.25) is 0 Å². The third kappa shape index (κ3) is 2.74. The molecule has 0 radical (unpaired) electrons. The molecule has 0 aromatic carbocycles. The lowest BCUT2D eigenvalue weighted by Gasteiger charge is -2.22. The third-order valence-electron chi connectivity index (χ3n) is 3.35. The molecule has 0 bridgehead atoms. The molecule has 0 saturated carbocycles. The van der Waals surface area contributed by atoms with E-state index in [1.807, 2.05) is 6.20 Å². The molecule has 1 aliphatic rings. The highest BCUT2D eigenvalue weighted by atomic mass is 32.1. The van der Waals surface area contributed by atoms with Crippen LogP contribution in [-0.4, -0.2) is 18.1 Å². The first-order valence-corrected chi connectivity index (χ1v) is 6.82. The Hall–Kier alpha value is -0.610. The number of thiazole rings is 1. The Balaban J connectivity index is 2.04. The van der Waals surface area contributed by atoms with E-state index in [9.17, 15) is 0 Å². The van der Waals surface area contributed by atoms with Crippen LogP contribution in [0.3, 0.4) is 0 Å². The van der Waals surface area contributed by atoms with Gasteiger partial charge in [0, 0.05) is 30.7 Å². The van der Waals surface area contributed by atoms with Crippen LogP contribution in [0.5, 0.6) is 0 Å². The first-order chi connectivity index (χ1) is 7.61. The van der Waals surface area contributed by atoms with E-state index in [4.69, 9.17) is 5.73 Å². The third-order valence-corrected chi connectivity index (χ3v) is 4.43. The van der Waals surface area contributed by atoms with E-state index in [0.29, 0.717) is 12.0 Å². The molecule has 0 unspecified atom stereocenters. The average molecular weight is 239 g/mol. The normalized spacial score (nSPS) is 20.8. The number of rotatable bonds is 2. The van der Waals surface area contributed by atoms with Crippen molar-refractivity contribution in [3.63, 3.8) is 0 Å². The Morgan fingerprint density at radius 2 is 2.25 bits per heavy atom. The minimum absolute atomic E-state index is 0.489. The maximum absolute atomic E-state index is 5.62. The van der Waals surface area contributed by atoms with Crippen LogP contribution in [0.1, 0.15) is 38.0 Å². The van der Waals surface area contributed by atoms with Gasteiger partial charge in [-0.15, -0.1) is 11.3 Å². The fourth-order valence-corrected chi connectivity index (χ4v) is 2.99. The predicted molar refractivity (Wildman–Crippen MR) is 69.9 cm³/mol. The van der Waals surface area contributed by atoms with Gasteiger partial charge in [-0.05, 0) is 24.7 Å². The Morgan fingerprint density at radius 3 is 2.94 bits per heavy atom. The first kappa shape index (κ1) is 11.9. The molecule has 2 heterocycles. The SMILES string of the molecule is CC1(C)CCCN(c2ncc(CN)s2)CC1. The van der Waals surface area contributed by atoms with Gasteiger partial charge in [0.25, 0.3) is 0 Å². The Morgan fingerprint density at radius 1 is 1.44 bits per heavy atom. The molecule has 90 valence electrons. The summed E-state index contributed by atoms with van der Waals surface area (Å²) in [4.78, 5) is 8.06. The molecular formula is C12H21N3S. The molecule has 2 N–H and O–H groups in total. The zero-order valence-corrected chi connectivity index (χ0v) is 11.0. The van der Waals surface area contributed by atoms with Crippen molar-refractivity contribution in [2.75, 3.05) is 18.0 Å². The van der Waals surface area contributed by atoms with Crippen LogP contribution in [0.15, 0.2) is 6.20 Å². The number of hydrogen-bond acceptors (Lipinski definition) is 4. The number of aromatic nitrogens is 1. The van der Waals surface area contributed by atoms with Crippen molar-refractivity contribution in [2.45, 2.75) is 39.7 Å². The lowest BCUT2D eigenvalue weighted by atomic mass is 9.85. The fourth-order valence-electron chi connectivity index (χ4n) is 2.15. The van der Waals surface area contributed by atoms with Crippen molar-refractivity contribution in [1.82, 2.24) is 4.98 Å². The van der Waals surface area contributed by atoms with Crippen LogP contribution < -0.4 is 10.6 Å². The monoisotopic (exact) mass is 239 g/mol. The molecule has 4 heteroatoms. The standard InChI is InChI=1S/C12H21N3S/c1-12(2)4-3-6-15(7-5-12)11-14-9-10(8-13)16-11/h9H,3-8,13H2,1-2H3. The second-order valence-electron chi connectivity index (χ2n) is 5.32. The van der Waals surface area contributed by atoms with Gasteiger partial charge in [-0.1, -0.05) is 13.8 Å². The molecule has 0 spiro atoms. The summed E-state index contributed by atoms with van der Waals surface area (Å²) < 4.78 is 0. The van der Waals surface area contributed by atoms with Gasteiger partial charge in [0.15, 0.2) is 5.13 Å². The van der Waals surface area contributed by atoms with Crippen molar-refractivity contribution in [1.29, 1.82) is 0 Å². The zero-order chi connectivity index (χ0) is 11.6. The second kappa shape index (κ2) is 4.72. The Labute approximate surface area is 102 Å². The molecule has 3 nitrogen and oxygen atoms in total. The molecule has 2 rings (SSSR count). The molecular weight excluding hydrogens is 218 g/mol. The van der Waals surface area contributed by atoms with Crippen LogP contribution in [0.2, 0.25) is 0 Å². The number of nitrogens with two attached hydrogens (primary N) is 1. The lowest BCUT2D eigenvalue weighted by Crippen LogP contribution is -2.24. The zero-order valence-electron chi connectivity index (χ0n) is 10.2. The van der Waals surface area contributed by atoms with E-state index in [2.05, 4.69) is 23.7 Å². The molecule has 0 amide bonds. The smallest absolute Gasteiger partial charge is 0.185 e. The molecule has 1 saturated heterocycles. The van der Waals surface area contributed by atoms with Crippen molar-refractivity contribution < 1.29 is 0 Å². The van der Waals surface area contributed by atoms with Gasteiger partial charge in [-0.2, -0.15) is 0 Å². The highest BCUT2D eigenvalue weighted by Gasteiger charge is 2.24. The van der Waals surface area contributed by atoms with Gasteiger partial charge in [0.2, 0.25) is 0 Å². The summed E-state index contributed by atoms with van der Waals surface area (Å²) in [5, 5.41) is 1.15. The molecule has 1 aliphatic heterocycles. The fraction of sp³-hybridized carbons (Fsp3) is 0.750. The van der Waals surface area contributed by atoms with Gasteiger partial charge >= 0.3 is 0 Å². The van der Waals surface area contributed by atoms with E-state index in [0.717, 1.165) is 18.2 Å². The van der Waals surface area contributed by atoms with Crippen LogP contribution in [-0.2, 0) is 6.54 Å². The van der Waals surface area contributed by atoms with Gasteiger partial charge in [0.1, 0.15) is 0 Å². The summed E-state index contributed by atoms with van der Waals surface area (Å²) in [6.45, 7) is 7.61. The van der Waals surface area contributed by atoms with Crippen molar-refractivity contribution in [3.8, 4) is 0 Å². The second-order valence-corrected chi connectivity index (χ2v) is 6.41. The number of anilines is 1.